The van der Waals surface area contributed by atoms with Crippen molar-refractivity contribution in [3.05, 3.63) is 34.3 Å². The number of rotatable bonds is 6. The van der Waals surface area contributed by atoms with Crippen LogP contribution in [0.4, 0.5) is 0 Å². The van der Waals surface area contributed by atoms with Gasteiger partial charge in [0.25, 0.3) is 0 Å². The molecule has 1 unspecified atom stereocenters. The first kappa shape index (κ1) is 21.4. The summed E-state index contributed by atoms with van der Waals surface area (Å²) in [4.78, 5) is 14.5. The number of hydrogen-bond donors (Lipinski definition) is 1. The van der Waals surface area contributed by atoms with Gasteiger partial charge in [-0.25, -0.2) is 0 Å². The molecule has 0 spiro atoms. The lowest BCUT2D eigenvalue weighted by molar-refractivity contribution is -0.135. The zero-order chi connectivity index (χ0) is 16.2. The summed E-state index contributed by atoms with van der Waals surface area (Å²) < 4.78 is 1.02. The van der Waals surface area contributed by atoms with E-state index in [0.717, 1.165) is 16.5 Å². The molecule has 0 heterocycles. The topological polar surface area (TPSA) is 46.3 Å². The molecular weight excluding hydrogens is 364 g/mol. The highest BCUT2D eigenvalue weighted by Crippen LogP contribution is 2.27. The molecule has 0 radical (unpaired) electrons. The highest BCUT2D eigenvalue weighted by atomic mass is 79.9. The Labute approximate surface area is 149 Å². The lowest BCUT2D eigenvalue weighted by Gasteiger charge is -2.31. The van der Waals surface area contributed by atoms with Gasteiger partial charge in [-0.1, -0.05) is 41.9 Å². The van der Waals surface area contributed by atoms with Crippen molar-refractivity contribution in [2.75, 3.05) is 13.6 Å². The summed E-state index contributed by atoms with van der Waals surface area (Å²) in [5.41, 5.74) is 6.55. The van der Waals surface area contributed by atoms with Crippen molar-refractivity contribution < 1.29 is 4.79 Å². The van der Waals surface area contributed by atoms with Crippen LogP contribution in [0.2, 0.25) is 0 Å². The van der Waals surface area contributed by atoms with Crippen molar-refractivity contribution in [1.82, 2.24) is 4.90 Å². The highest BCUT2D eigenvalue weighted by molar-refractivity contribution is 9.10. The zero-order valence-electron chi connectivity index (χ0n) is 14.1. The van der Waals surface area contributed by atoms with Gasteiger partial charge in [0.05, 0.1) is 5.41 Å². The molecule has 0 saturated heterocycles. The van der Waals surface area contributed by atoms with E-state index in [-0.39, 0.29) is 24.4 Å². The molecular formula is C17H28BrClN2O. The first-order valence-electron chi connectivity index (χ1n) is 7.43. The predicted octanol–water partition coefficient (Wildman–Crippen LogP) is 3.98. The summed E-state index contributed by atoms with van der Waals surface area (Å²) >= 11 is 3.42. The van der Waals surface area contributed by atoms with Crippen LogP contribution in [0.1, 0.15) is 39.7 Å². The third kappa shape index (κ3) is 5.56. The molecule has 1 rings (SSSR count). The van der Waals surface area contributed by atoms with Crippen molar-refractivity contribution in [1.29, 1.82) is 0 Å². The SMILES string of the molecule is CC(C)C(N)CCN(C)C(=O)C(C)(C)c1ccc(Br)cc1.Cl. The fourth-order valence-corrected chi connectivity index (χ4v) is 2.51. The third-order valence-corrected chi connectivity index (χ3v) is 4.63. The number of likely N-dealkylation sites (N-methyl/N-ethyl adjacent to an activating group) is 1. The van der Waals surface area contributed by atoms with E-state index in [1.165, 1.54) is 0 Å². The van der Waals surface area contributed by atoms with Gasteiger partial charge in [-0.15, -0.1) is 12.4 Å². The molecule has 22 heavy (non-hydrogen) atoms. The molecule has 0 aliphatic heterocycles. The zero-order valence-corrected chi connectivity index (χ0v) is 16.5. The van der Waals surface area contributed by atoms with Crippen molar-refractivity contribution in [2.45, 2.75) is 45.6 Å². The maximum atomic E-state index is 12.7. The number of benzene rings is 1. The number of carbonyl (C=O) groups is 1. The van der Waals surface area contributed by atoms with Crippen molar-refractivity contribution in [2.24, 2.45) is 11.7 Å². The van der Waals surface area contributed by atoms with Gasteiger partial charge >= 0.3 is 0 Å². The minimum atomic E-state index is -0.530. The average Bonchev–Trinajstić information content (AvgIpc) is 2.43. The maximum Gasteiger partial charge on any atom is 0.232 e. The Kier molecular flexibility index (Phi) is 8.66. The second kappa shape index (κ2) is 8.90. The van der Waals surface area contributed by atoms with E-state index in [1.54, 1.807) is 4.90 Å². The van der Waals surface area contributed by atoms with Crippen LogP contribution < -0.4 is 5.73 Å². The molecule has 0 aliphatic carbocycles. The smallest absolute Gasteiger partial charge is 0.232 e. The Bertz CT molecular complexity index is 474. The predicted molar refractivity (Wildman–Crippen MR) is 99.5 cm³/mol. The Morgan fingerprint density at radius 2 is 1.77 bits per heavy atom. The van der Waals surface area contributed by atoms with Gasteiger partial charge in [-0.2, -0.15) is 0 Å². The van der Waals surface area contributed by atoms with Crippen LogP contribution in [0.5, 0.6) is 0 Å². The Balaban J connectivity index is 0.00000441. The summed E-state index contributed by atoms with van der Waals surface area (Å²) in [6, 6.07) is 8.07. The van der Waals surface area contributed by atoms with E-state index in [2.05, 4.69) is 29.8 Å². The normalized spacial score (nSPS) is 12.7. The molecule has 0 fully saturated rings. The maximum absolute atomic E-state index is 12.7. The number of nitrogens with two attached hydrogens (primary N) is 1. The lowest BCUT2D eigenvalue weighted by Crippen LogP contribution is -2.43. The van der Waals surface area contributed by atoms with Gasteiger partial charge in [0.1, 0.15) is 0 Å². The van der Waals surface area contributed by atoms with Gasteiger partial charge in [0.2, 0.25) is 5.91 Å². The van der Waals surface area contributed by atoms with E-state index >= 15 is 0 Å². The van der Waals surface area contributed by atoms with Crippen molar-refractivity contribution in [3.63, 3.8) is 0 Å². The number of halogens is 2. The minimum absolute atomic E-state index is 0. The number of carbonyl (C=O) groups excluding carboxylic acids is 1. The molecule has 0 aromatic heterocycles. The van der Waals surface area contributed by atoms with E-state index in [9.17, 15) is 4.79 Å². The quantitative estimate of drug-likeness (QED) is 0.797. The summed E-state index contributed by atoms with van der Waals surface area (Å²) in [5.74, 6) is 0.564. The van der Waals surface area contributed by atoms with E-state index < -0.39 is 5.41 Å². The fourth-order valence-electron chi connectivity index (χ4n) is 2.24. The average molecular weight is 392 g/mol. The van der Waals surface area contributed by atoms with Gasteiger partial charge in [-0.3, -0.25) is 4.79 Å². The van der Waals surface area contributed by atoms with E-state index in [0.29, 0.717) is 12.5 Å². The molecule has 0 aliphatic rings. The second-order valence-corrected chi connectivity index (χ2v) is 7.47. The molecule has 1 atom stereocenters. The molecule has 1 amide bonds. The third-order valence-electron chi connectivity index (χ3n) is 4.10. The molecule has 1 aromatic carbocycles. The van der Waals surface area contributed by atoms with Crippen LogP contribution >= 0.6 is 28.3 Å². The fraction of sp³-hybridized carbons (Fsp3) is 0.588. The molecule has 1 aromatic rings. The van der Waals surface area contributed by atoms with Crippen LogP contribution in [-0.4, -0.2) is 30.4 Å². The molecule has 0 saturated carbocycles. The Hall–Kier alpha value is -0.580. The van der Waals surface area contributed by atoms with E-state index in [4.69, 9.17) is 5.73 Å². The van der Waals surface area contributed by atoms with Crippen LogP contribution in [0.15, 0.2) is 28.7 Å². The van der Waals surface area contributed by atoms with Crippen LogP contribution in [0, 0.1) is 5.92 Å². The van der Waals surface area contributed by atoms with Crippen LogP contribution in [0.25, 0.3) is 0 Å². The van der Waals surface area contributed by atoms with Crippen molar-refractivity contribution in [3.8, 4) is 0 Å². The number of nitrogens with zero attached hydrogens (tertiary/aromatic N) is 1. The summed E-state index contributed by atoms with van der Waals surface area (Å²) in [7, 11) is 1.86. The van der Waals surface area contributed by atoms with Gasteiger partial charge in [0.15, 0.2) is 0 Å². The molecule has 126 valence electrons. The van der Waals surface area contributed by atoms with Crippen LogP contribution in [-0.2, 0) is 10.2 Å². The number of amides is 1. The summed E-state index contributed by atoms with van der Waals surface area (Å²) in [6.45, 7) is 8.85. The lowest BCUT2D eigenvalue weighted by atomic mass is 9.83. The van der Waals surface area contributed by atoms with Crippen molar-refractivity contribution >= 4 is 34.2 Å². The Morgan fingerprint density at radius 1 is 1.27 bits per heavy atom. The second-order valence-electron chi connectivity index (χ2n) is 6.56. The van der Waals surface area contributed by atoms with Gasteiger partial charge < -0.3 is 10.6 Å². The Morgan fingerprint density at radius 3 is 2.23 bits per heavy atom. The van der Waals surface area contributed by atoms with Crippen LogP contribution in [0.3, 0.4) is 0 Å². The number of hydrogen-bond acceptors (Lipinski definition) is 2. The molecule has 2 N–H and O–H groups in total. The summed E-state index contributed by atoms with van der Waals surface area (Å²) in [6.07, 6.45) is 0.830. The minimum Gasteiger partial charge on any atom is -0.345 e. The standard InChI is InChI=1S/C17H27BrN2O.ClH/c1-12(2)15(19)10-11-20(5)16(21)17(3,4)13-6-8-14(18)9-7-13;/h6-9,12,15H,10-11,19H2,1-5H3;1H. The monoisotopic (exact) mass is 390 g/mol. The largest absolute Gasteiger partial charge is 0.345 e. The molecule has 0 bridgehead atoms. The van der Waals surface area contributed by atoms with Gasteiger partial charge in [-0.05, 0) is 43.9 Å². The van der Waals surface area contributed by atoms with E-state index in [1.807, 2.05) is 45.2 Å². The first-order valence-corrected chi connectivity index (χ1v) is 8.22. The summed E-state index contributed by atoms with van der Waals surface area (Å²) in [5, 5.41) is 0. The molecule has 5 heteroatoms. The first-order chi connectivity index (χ1) is 9.66. The molecule has 3 nitrogen and oxygen atoms in total. The van der Waals surface area contributed by atoms with Gasteiger partial charge in [0, 0.05) is 24.1 Å². The highest BCUT2D eigenvalue weighted by Gasteiger charge is 2.32.